The van der Waals surface area contributed by atoms with E-state index >= 15 is 0 Å². The molecule has 0 atom stereocenters. The first-order valence-electron chi connectivity index (χ1n) is 7.48. The van der Waals surface area contributed by atoms with Gasteiger partial charge in [0.15, 0.2) is 5.82 Å². The number of tetrazole rings is 1. The molecule has 1 aromatic heterocycles. The smallest absolute Gasteiger partial charge is 0.224 e. The third-order valence-electron chi connectivity index (χ3n) is 3.50. The molecule has 0 aliphatic heterocycles. The quantitative estimate of drug-likeness (QED) is 0.744. The Morgan fingerprint density at radius 1 is 1.12 bits per heavy atom. The third-order valence-corrected chi connectivity index (χ3v) is 3.50. The second-order valence-corrected chi connectivity index (χ2v) is 5.14. The van der Waals surface area contributed by atoms with Crippen molar-refractivity contribution in [1.29, 1.82) is 0 Å². The Morgan fingerprint density at radius 2 is 1.88 bits per heavy atom. The number of benzene rings is 2. The molecule has 1 heterocycles. The molecule has 0 fully saturated rings. The Labute approximate surface area is 139 Å². The molecule has 0 spiro atoms. The van der Waals surface area contributed by atoms with Gasteiger partial charge in [-0.05, 0) is 40.3 Å². The maximum absolute atomic E-state index is 12.1. The van der Waals surface area contributed by atoms with Crippen LogP contribution >= 0.6 is 0 Å². The van der Waals surface area contributed by atoms with Crippen LogP contribution in [0.4, 0.5) is 0 Å². The molecule has 0 aliphatic rings. The molecule has 0 unspecified atom stereocenters. The van der Waals surface area contributed by atoms with Gasteiger partial charge in [-0.25, -0.2) is 0 Å². The van der Waals surface area contributed by atoms with Gasteiger partial charge in [-0.1, -0.05) is 30.3 Å². The summed E-state index contributed by atoms with van der Waals surface area (Å²) in [7, 11) is 1.61. The van der Waals surface area contributed by atoms with Crippen LogP contribution < -0.4 is 10.1 Å². The number of hydrogen-bond donors (Lipinski definition) is 1. The van der Waals surface area contributed by atoms with Crippen molar-refractivity contribution in [2.75, 3.05) is 7.11 Å². The molecule has 0 aliphatic carbocycles. The molecule has 0 bridgehead atoms. The Morgan fingerprint density at radius 3 is 2.58 bits per heavy atom. The van der Waals surface area contributed by atoms with Crippen molar-refractivity contribution in [3.05, 3.63) is 66.0 Å². The van der Waals surface area contributed by atoms with Crippen LogP contribution in [-0.4, -0.2) is 33.2 Å². The first kappa shape index (κ1) is 15.7. The van der Waals surface area contributed by atoms with E-state index in [2.05, 4.69) is 20.8 Å². The number of nitrogens with one attached hydrogen (secondary N) is 1. The van der Waals surface area contributed by atoms with Crippen molar-refractivity contribution in [2.24, 2.45) is 0 Å². The molecular formula is C17H17N5O2. The van der Waals surface area contributed by atoms with Gasteiger partial charge in [-0.2, -0.15) is 4.68 Å². The van der Waals surface area contributed by atoms with E-state index in [4.69, 9.17) is 4.74 Å². The molecule has 0 radical (unpaired) electrons. The van der Waals surface area contributed by atoms with Crippen molar-refractivity contribution in [3.63, 3.8) is 0 Å². The van der Waals surface area contributed by atoms with Gasteiger partial charge < -0.3 is 10.1 Å². The summed E-state index contributed by atoms with van der Waals surface area (Å²) in [4.78, 5) is 12.1. The van der Waals surface area contributed by atoms with Crippen molar-refractivity contribution in [1.82, 2.24) is 25.5 Å². The van der Waals surface area contributed by atoms with Crippen LogP contribution in [0.1, 0.15) is 11.4 Å². The first-order chi connectivity index (χ1) is 11.8. The molecular weight excluding hydrogens is 306 g/mol. The molecule has 2 aromatic carbocycles. The van der Waals surface area contributed by atoms with Crippen LogP contribution in [0.15, 0.2) is 54.6 Å². The minimum atomic E-state index is -0.0946. The fourth-order valence-corrected chi connectivity index (χ4v) is 2.25. The molecule has 1 N–H and O–H groups in total. The molecule has 3 rings (SSSR count). The lowest BCUT2D eigenvalue weighted by atomic mass is 10.1. The van der Waals surface area contributed by atoms with Crippen molar-refractivity contribution in [2.45, 2.75) is 13.0 Å². The normalized spacial score (nSPS) is 10.4. The number of para-hydroxylation sites is 1. The average molecular weight is 323 g/mol. The molecule has 1 amide bonds. The standard InChI is InChI=1S/C17H17N5O2/c1-24-15-9-7-13(8-10-15)11-17(23)18-12-16-19-20-21-22(16)14-5-3-2-4-6-14/h2-10H,11-12H2,1H3,(H,18,23). The van der Waals surface area contributed by atoms with Crippen molar-refractivity contribution >= 4 is 5.91 Å². The number of nitrogens with zero attached hydrogens (tertiary/aromatic N) is 4. The molecule has 24 heavy (non-hydrogen) atoms. The highest BCUT2D eigenvalue weighted by Crippen LogP contribution is 2.12. The first-order valence-corrected chi connectivity index (χ1v) is 7.48. The minimum Gasteiger partial charge on any atom is -0.497 e. The zero-order valence-corrected chi connectivity index (χ0v) is 13.2. The fraction of sp³-hybridized carbons (Fsp3) is 0.176. The van der Waals surface area contributed by atoms with Crippen LogP contribution in [-0.2, 0) is 17.8 Å². The van der Waals surface area contributed by atoms with Gasteiger partial charge >= 0.3 is 0 Å². The Kier molecular flexibility index (Phi) is 4.81. The van der Waals surface area contributed by atoms with E-state index < -0.39 is 0 Å². The van der Waals surface area contributed by atoms with Crippen LogP contribution in [0.3, 0.4) is 0 Å². The van der Waals surface area contributed by atoms with Gasteiger partial charge in [0, 0.05) is 0 Å². The van der Waals surface area contributed by atoms with Crippen LogP contribution in [0.2, 0.25) is 0 Å². The lowest BCUT2D eigenvalue weighted by Gasteiger charge is -2.07. The number of carbonyl (C=O) groups excluding carboxylic acids is 1. The van der Waals surface area contributed by atoms with Gasteiger partial charge in [0.2, 0.25) is 5.91 Å². The molecule has 7 nitrogen and oxygen atoms in total. The van der Waals surface area contributed by atoms with Crippen LogP contribution in [0, 0.1) is 0 Å². The summed E-state index contributed by atoms with van der Waals surface area (Å²) in [5, 5.41) is 14.4. The topological polar surface area (TPSA) is 81.9 Å². The molecule has 0 saturated heterocycles. The SMILES string of the molecule is COc1ccc(CC(=O)NCc2nnnn2-c2ccccc2)cc1. The van der Waals surface area contributed by atoms with E-state index in [0.717, 1.165) is 17.0 Å². The summed E-state index contributed by atoms with van der Waals surface area (Å²) in [6, 6.07) is 16.9. The zero-order valence-electron chi connectivity index (χ0n) is 13.2. The predicted octanol–water partition coefficient (Wildman–Crippen LogP) is 1.53. The Hall–Kier alpha value is -3.22. The fourth-order valence-electron chi connectivity index (χ4n) is 2.25. The van der Waals surface area contributed by atoms with Gasteiger partial charge in [-0.3, -0.25) is 4.79 Å². The van der Waals surface area contributed by atoms with Crippen molar-refractivity contribution in [3.8, 4) is 11.4 Å². The van der Waals surface area contributed by atoms with E-state index in [0.29, 0.717) is 5.82 Å². The number of amides is 1. The van der Waals surface area contributed by atoms with Gasteiger partial charge in [0.1, 0.15) is 5.75 Å². The Bertz CT molecular complexity index is 799. The number of aromatic nitrogens is 4. The zero-order chi connectivity index (χ0) is 16.8. The summed E-state index contributed by atoms with van der Waals surface area (Å²) >= 11 is 0. The second-order valence-electron chi connectivity index (χ2n) is 5.14. The molecule has 122 valence electrons. The van der Waals surface area contributed by atoms with Gasteiger partial charge in [0.25, 0.3) is 0 Å². The average Bonchev–Trinajstić information content (AvgIpc) is 3.10. The number of ether oxygens (including phenoxy) is 1. The second kappa shape index (κ2) is 7.36. The predicted molar refractivity (Wildman–Crippen MR) is 87.7 cm³/mol. The highest BCUT2D eigenvalue weighted by molar-refractivity contribution is 5.78. The maximum Gasteiger partial charge on any atom is 0.224 e. The largest absolute Gasteiger partial charge is 0.497 e. The number of hydrogen-bond acceptors (Lipinski definition) is 5. The highest BCUT2D eigenvalue weighted by Gasteiger charge is 2.10. The van der Waals surface area contributed by atoms with Gasteiger partial charge in [0.05, 0.1) is 25.8 Å². The summed E-state index contributed by atoms with van der Waals surface area (Å²) in [6.07, 6.45) is 0.289. The lowest BCUT2D eigenvalue weighted by molar-refractivity contribution is -0.120. The summed E-state index contributed by atoms with van der Waals surface area (Å²) in [5.74, 6) is 1.24. The lowest BCUT2D eigenvalue weighted by Crippen LogP contribution is -2.26. The monoisotopic (exact) mass is 323 g/mol. The van der Waals surface area contributed by atoms with Crippen LogP contribution in [0.25, 0.3) is 5.69 Å². The minimum absolute atomic E-state index is 0.0946. The van der Waals surface area contributed by atoms with E-state index in [9.17, 15) is 4.79 Å². The summed E-state index contributed by atoms with van der Waals surface area (Å²) < 4.78 is 6.71. The maximum atomic E-state index is 12.1. The van der Waals surface area contributed by atoms with E-state index in [1.807, 2.05) is 54.6 Å². The van der Waals surface area contributed by atoms with Crippen LogP contribution in [0.5, 0.6) is 5.75 Å². The van der Waals surface area contributed by atoms with E-state index in [-0.39, 0.29) is 18.9 Å². The van der Waals surface area contributed by atoms with Crippen molar-refractivity contribution < 1.29 is 9.53 Å². The molecule has 3 aromatic rings. The number of methoxy groups -OCH3 is 1. The summed E-state index contributed by atoms with van der Waals surface area (Å²) in [6.45, 7) is 0.261. The van der Waals surface area contributed by atoms with E-state index in [1.165, 1.54) is 0 Å². The number of rotatable bonds is 6. The van der Waals surface area contributed by atoms with E-state index in [1.54, 1.807) is 11.8 Å². The Balaban J connectivity index is 1.60. The highest BCUT2D eigenvalue weighted by atomic mass is 16.5. The van der Waals surface area contributed by atoms with Gasteiger partial charge in [-0.15, -0.1) is 5.10 Å². The summed E-state index contributed by atoms with van der Waals surface area (Å²) in [5.41, 5.74) is 1.76. The molecule has 7 heteroatoms. The molecule has 0 saturated carbocycles. The number of carbonyl (C=O) groups is 1. The third kappa shape index (κ3) is 3.75.